The molecule has 1 N–H and O–H groups in total. The highest BCUT2D eigenvalue weighted by Crippen LogP contribution is 2.31. The summed E-state index contributed by atoms with van der Waals surface area (Å²) in [7, 11) is 3.84. The summed E-state index contributed by atoms with van der Waals surface area (Å²) in [4.78, 5) is 15.6. The summed E-state index contributed by atoms with van der Waals surface area (Å²) >= 11 is 0. The molecule has 0 radical (unpaired) electrons. The van der Waals surface area contributed by atoms with Gasteiger partial charge in [-0.25, -0.2) is 4.79 Å². The number of halogens is 3. The number of amides is 2. The first-order valence-corrected chi connectivity index (χ1v) is 7.77. The van der Waals surface area contributed by atoms with Crippen molar-refractivity contribution in [3.8, 4) is 5.75 Å². The van der Waals surface area contributed by atoms with Crippen molar-refractivity contribution in [1.82, 2.24) is 15.1 Å². The van der Waals surface area contributed by atoms with Crippen LogP contribution in [0, 0.1) is 0 Å². The predicted molar refractivity (Wildman–Crippen MR) is 84.0 cm³/mol. The van der Waals surface area contributed by atoms with E-state index in [2.05, 4.69) is 5.32 Å². The Morgan fingerprint density at radius 3 is 2.83 bits per heavy atom. The Morgan fingerprint density at radius 2 is 2.17 bits per heavy atom. The minimum Gasteiger partial charge on any atom is -0.489 e. The molecule has 0 aliphatic carbocycles. The number of hydrogen-bond donors (Lipinski definition) is 1. The van der Waals surface area contributed by atoms with Crippen LogP contribution >= 0.6 is 0 Å². The summed E-state index contributed by atoms with van der Waals surface area (Å²) in [5.74, 6) is 0.171. The standard InChI is InChI=1S/C16H22F3N3O2/c1-21(2)9-7-20-15(23)22-8-6-14(11-22)24-13-5-3-4-12(10-13)16(17,18)19/h3-5,10,14H,6-9,11H2,1-2H3,(H,20,23). The molecule has 1 aliphatic heterocycles. The van der Waals surface area contributed by atoms with E-state index in [-0.39, 0.29) is 17.9 Å². The van der Waals surface area contributed by atoms with Crippen molar-refractivity contribution in [3.63, 3.8) is 0 Å². The average molecular weight is 345 g/mol. The first kappa shape index (κ1) is 18.4. The van der Waals surface area contributed by atoms with Crippen LogP contribution in [0.5, 0.6) is 5.75 Å². The Labute approximate surface area is 139 Å². The zero-order valence-electron chi connectivity index (χ0n) is 13.8. The van der Waals surface area contributed by atoms with Crippen molar-refractivity contribution >= 4 is 6.03 Å². The normalized spacial score (nSPS) is 18.1. The van der Waals surface area contributed by atoms with Gasteiger partial charge in [-0.1, -0.05) is 6.07 Å². The molecule has 1 heterocycles. The zero-order chi connectivity index (χ0) is 17.7. The van der Waals surface area contributed by atoms with Gasteiger partial charge in [-0.3, -0.25) is 0 Å². The number of urea groups is 1. The predicted octanol–water partition coefficient (Wildman–Crippen LogP) is 2.43. The smallest absolute Gasteiger partial charge is 0.416 e. The molecular weight excluding hydrogens is 323 g/mol. The monoisotopic (exact) mass is 345 g/mol. The molecule has 1 saturated heterocycles. The summed E-state index contributed by atoms with van der Waals surface area (Å²) in [6, 6.07) is 4.63. The van der Waals surface area contributed by atoms with Crippen molar-refractivity contribution in [3.05, 3.63) is 29.8 Å². The number of hydrogen-bond acceptors (Lipinski definition) is 3. The molecule has 1 aromatic rings. The number of nitrogens with zero attached hydrogens (tertiary/aromatic N) is 2. The van der Waals surface area contributed by atoms with E-state index in [0.29, 0.717) is 26.1 Å². The van der Waals surface area contributed by atoms with Crippen LogP contribution in [0.4, 0.5) is 18.0 Å². The van der Waals surface area contributed by atoms with Gasteiger partial charge in [0.1, 0.15) is 11.9 Å². The van der Waals surface area contributed by atoms with E-state index >= 15 is 0 Å². The number of nitrogens with one attached hydrogen (secondary N) is 1. The molecule has 1 unspecified atom stereocenters. The molecule has 0 saturated carbocycles. The van der Waals surface area contributed by atoms with Gasteiger partial charge in [0, 0.05) is 26.1 Å². The Kier molecular flexibility index (Phi) is 5.93. The molecular formula is C16H22F3N3O2. The van der Waals surface area contributed by atoms with E-state index in [1.165, 1.54) is 12.1 Å². The summed E-state index contributed by atoms with van der Waals surface area (Å²) in [6.45, 7) is 2.17. The van der Waals surface area contributed by atoms with E-state index < -0.39 is 11.7 Å². The van der Waals surface area contributed by atoms with Gasteiger partial charge >= 0.3 is 12.2 Å². The Bertz CT molecular complexity index is 564. The van der Waals surface area contributed by atoms with Crippen LogP contribution in [0.1, 0.15) is 12.0 Å². The van der Waals surface area contributed by atoms with Crippen LogP contribution in [-0.4, -0.2) is 62.2 Å². The van der Waals surface area contributed by atoms with E-state index in [0.717, 1.165) is 18.7 Å². The Hall–Kier alpha value is -1.96. The maximum absolute atomic E-state index is 12.7. The van der Waals surface area contributed by atoms with Crippen molar-refractivity contribution < 1.29 is 22.7 Å². The molecule has 8 heteroatoms. The first-order valence-electron chi connectivity index (χ1n) is 7.77. The van der Waals surface area contributed by atoms with Gasteiger partial charge in [-0.15, -0.1) is 0 Å². The summed E-state index contributed by atoms with van der Waals surface area (Å²) < 4.78 is 43.7. The fourth-order valence-corrected chi connectivity index (χ4v) is 2.45. The lowest BCUT2D eigenvalue weighted by molar-refractivity contribution is -0.137. The molecule has 0 bridgehead atoms. The highest BCUT2D eigenvalue weighted by Gasteiger charge is 2.31. The highest BCUT2D eigenvalue weighted by atomic mass is 19.4. The molecule has 1 fully saturated rings. The summed E-state index contributed by atoms with van der Waals surface area (Å²) in [5, 5.41) is 2.81. The lowest BCUT2D eigenvalue weighted by Gasteiger charge is -2.19. The molecule has 5 nitrogen and oxygen atoms in total. The van der Waals surface area contributed by atoms with Gasteiger partial charge < -0.3 is 19.9 Å². The van der Waals surface area contributed by atoms with Gasteiger partial charge in [0.15, 0.2) is 0 Å². The number of carbonyl (C=O) groups is 1. The van der Waals surface area contributed by atoms with Gasteiger partial charge in [0.2, 0.25) is 0 Å². The van der Waals surface area contributed by atoms with Gasteiger partial charge in [-0.05, 0) is 32.3 Å². The van der Waals surface area contributed by atoms with Crippen molar-refractivity contribution in [2.24, 2.45) is 0 Å². The van der Waals surface area contributed by atoms with E-state index in [4.69, 9.17) is 4.74 Å². The number of benzene rings is 1. The summed E-state index contributed by atoms with van der Waals surface area (Å²) in [5.41, 5.74) is -0.740. The van der Waals surface area contributed by atoms with Crippen molar-refractivity contribution in [2.45, 2.75) is 18.7 Å². The highest BCUT2D eigenvalue weighted by molar-refractivity contribution is 5.74. The third-order valence-electron chi connectivity index (χ3n) is 3.73. The number of carbonyl (C=O) groups excluding carboxylic acids is 1. The van der Waals surface area contributed by atoms with Crippen molar-refractivity contribution in [2.75, 3.05) is 40.3 Å². The number of likely N-dealkylation sites (N-methyl/N-ethyl adjacent to an activating group) is 1. The largest absolute Gasteiger partial charge is 0.489 e. The fourth-order valence-electron chi connectivity index (χ4n) is 2.45. The minimum absolute atomic E-state index is 0.171. The van der Waals surface area contributed by atoms with E-state index in [9.17, 15) is 18.0 Å². The van der Waals surface area contributed by atoms with Crippen LogP contribution in [0.3, 0.4) is 0 Å². The van der Waals surface area contributed by atoms with Crippen LogP contribution in [0.2, 0.25) is 0 Å². The minimum atomic E-state index is -4.40. The molecule has 1 atom stereocenters. The zero-order valence-corrected chi connectivity index (χ0v) is 13.8. The molecule has 1 aliphatic rings. The number of rotatable bonds is 5. The third kappa shape index (κ3) is 5.30. The number of alkyl halides is 3. The lowest BCUT2D eigenvalue weighted by Crippen LogP contribution is -2.41. The van der Waals surface area contributed by atoms with E-state index in [1.54, 1.807) is 4.90 Å². The third-order valence-corrected chi connectivity index (χ3v) is 3.73. The van der Waals surface area contributed by atoms with E-state index in [1.807, 2.05) is 19.0 Å². The lowest BCUT2D eigenvalue weighted by atomic mass is 10.2. The topological polar surface area (TPSA) is 44.8 Å². The Morgan fingerprint density at radius 1 is 1.42 bits per heavy atom. The number of ether oxygens (including phenoxy) is 1. The fraction of sp³-hybridized carbons (Fsp3) is 0.562. The first-order chi connectivity index (χ1) is 11.3. The molecule has 2 amide bonds. The van der Waals surface area contributed by atoms with Gasteiger partial charge in [0.05, 0.1) is 12.1 Å². The molecule has 0 aromatic heterocycles. The van der Waals surface area contributed by atoms with Crippen molar-refractivity contribution in [1.29, 1.82) is 0 Å². The van der Waals surface area contributed by atoms with Crippen LogP contribution < -0.4 is 10.1 Å². The molecule has 24 heavy (non-hydrogen) atoms. The SMILES string of the molecule is CN(C)CCNC(=O)N1CCC(Oc2cccc(C(F)(F)F)c2)C1. The molecule has 134 valence electrons. The maximum atomic E-state index is 12.7. The van der Waals surface area contributed by atoms with Gasteiger partial charge in [0.25, 0.3) is 0 Å². The maximum Gasteiger partial charge on any atom is 0.416 e. The van der Waals surface area contributed by atoms with Crippen LogP contribution in [-0.2, 0) is 6.18 Å². The average Bonchev–Trinajstić information content (AvgIpc) is 2.95. The van der Waals surface area contributed by atoms with Crippen LogP contribution in [0.25, 0.3) is 0 Å². The second-order valence-electron chi connectivity index (χ2n) is 6.04. The quantitative estimate of drug-likeness (QED) is 0.891. The molecule has 2 rings (SSSR count). The Balaban J connectivity index is 1.85. The summed E-state index contributed by atoms with van der Waals surface area (Å²) in [6.07, 6.45) is -4.10. The second-order valence-corrected chi connectivity index (χ2v) is 6.04. The van der Waals surface area contributed by atoms with Crippen LogP contribution in [0.15, 0.2) is 24.3 Å². The number of likely N-dealkylation sites (tertiary alicyclic amines) is 1. The molecule has 1 aromatic carbocycles. The second kappa shape index (κ2) is 7.74. The van der Waals surface area contributed by atoms with Gasteiger partial charge in [-0.2, -0.15) is 13.2 Å². The molecule has 0 spiro atoms.